The van der Waals surface area contributed by atoms with Gasteiger partial charge in [-0.2, -0.15) is 0 Å². The lowest BCUT2D eigenvalue weighted by atomic mass is 10.0. The van der Waals surface area contributed by atoms with Crippen LogP contribution in [0.25, 0.3) is 0 Å². The van der Waals surface area contributed by atoms with Crippen LogP contribution in [0, 0.1) is 5.92 Å². The van der Waals surface area contributed by atoms with E-state index in [1.807, 2.05) is 20.8 Å². The molecule has 0 fully saturated rings. The van der Waals surface area contributed by atoms with Crippen LogP contribution in [0.1, 0.15) is 65.7 Å². The number of carbonyl (C=O) groups is 1. The topological polar surface area (TPSA) is 46.5 Å². The smallest absolute Gasteiger partial charge is 0.308 e. The Hall–Kier alpha value is -0.570. The third kappa shape index (κ3) is 10.3. The summed E-state index contributed by atoms with van der Waals surface area (Å²) in [5.74, 6) is -0.0462. The number of unbranched alkanes of at least 4 members (excludes halogenated alkanes) is 5. The molecule has 0 aromatic rings. The van der Waals surface area contributed by atoms with Gasteiger partial charge >= 0.3 is 5.97 Å². The fourth-order valence-electron chi connectivity index (χ4n) is 1.74. The van der Waals surface area contributed by atoms with Gasteiger partial charge in [0.1, 0.15) is 0 Å². The van der Waals surface area contributed by atoms with Crippen molar-refractivity contribution in [3.05, 3.63) is 0 Å². The summed E-state index contributed by atoms with van der Waals surface area (Å²) in [5, 5.41) is 8.62. The van der Waals surface area contributed by atoms with Gasteiger partial charge in [0.15, 0.2) is 0 Å². The predicted octanol–water partition coefficient (Wildman–Crippen LogP) is 3.30. The highest BCUT2D eigenvalue weighted by Gasteiger charge is 2.14. The number of rotatable bonds is 10. The van der Waals surface area contributed by atoms with Crippen LogP contribution < -0.4 is 0 Å². The second-order valence-electron chi connectivity index (χ2n) is 5.02. The van der Waals surface area contributed by atoms with Crippen LogP contribution in [-0.4, -0.2) is 23.8 Å². The quantitative estimate of drug-likeness (QED) is 0.474. The number of esters is 1. The van der Waals surface area contributed by atoms with Crippen LogP contribution in [0.15, 0.2) is 0 Å². The van der Waals surface area contributed by atoms with Crippen LogP contribution in [-0.2, 0) is 9.53 Å². The summed E-state index contributed by atoms with van der Waals surface area (Å²) in [6.45, 7) is 6.01. The molecular weight excluding hydrogens is 216 g/mol. The van der Waals surface area contributed by atoms with Crippen molar-refractivity contribution >= 4 is 5.97 Å². The van der Waals surface area contributed by atoms with E-state index in [1.54, 1.807) is 0 Å². The number of aliphatic hydroxyl groups excluding tert-OH is 1. The fourth-order valence-corrected chi connectivity index (χ4v) is 1.74. The van der Waals surface area contributed by atoms with Crippen LogP contribution in [0.4, 0.5) is 0 Å². The highest BCUT2D eigenvalue weighted by Crippen LogP contribution is 2.13. The second-order valence-corrected chi connectivity index (χ2v) is 5.02. The molecule has 0 spiro atoms. The van der Waals surface area contributed by atoms with Crippen LogP contribution in [0.5, 0.6) is 0 Å². The van der Waals surface area contributed by atoms with E-state index >= 15 is 0 Å². The zero-order chi connectivity index (χ0) is 13.1. The first kappa shape index (κ1) is 16.4. The zero-order valence-corrected chi connectivity index (χ0v) is 11.6. The summed E-state index contributed by atoms with van der Waals surface area (Å²) >= 11 is 0. The van der Waals surface area contributed by atoms with Gasteiger partial charge in [0.05, 0.1) is 12.0 Å². The summed E-state index contributed by atoms with van der Waals surface area (Å²) in [4.78, 5) is 11.5. The van der Waals surface area contributed by atoms with Crippen molar-refractivity contribution in [2.75, 3.05) is 6.61 Å². The van der Waals surface area contributed by atoms with Crippen molar-refractivity contribution in [2.24, 2.45) is 5.92 Å². The fraction of sp³-hybridized carbons (Fsp3) is 0.929. The minimum absolute atomic E-state index is 0.0107. The maximum atomic E-state index is 11.5. The summed E-state index contributed by atoms with van der Waals surface area (Å²) in [5.41, 5.74) is 0. The van der Waals surface area contributed by atoms with Gasteiger partial charge in [-0.3, -0.25) is 4.79 Å². The molecule has 0 bridgehead atoms. The highest BCUT2D eigenvalue weighted by molar-refractivity contribution is 5.72. The lowest BCUT2D eigenvalue weighted by Crippen LogP contribution is -2.18. The molecule has 1 atom stereocenters. The monoisotopic (exact) mass is 244 g/mol. The van der Waals surface area contributed by atoms with Gasteiger partial charge in [-0.05, 0) is 26.7 Å². The van der Waals surface area contributed by atoms with Gasteiger partial charge < -0.3 is 9.84 Å². The molecule has 0 aliphatic carbocycles. The van der Waals surface area contributed by atoms with E-state index in [9.17, 15) is 4.79 Å². The van der Waals surface area contributed by atoms with E-state index in [-0.39, 0.29) is 18.0 Å². The van der Waals surface area contributed by atoms with Crippen molar-refractivity contribution in [2.45, 2.75) is 71.8 Å². The molecule has 0 amide bonds. The molecule has 0 aliphatic rings. The summed E-state index contributed by atoms with van der Waals surface area (Å²) in [7, 11) is 0. The molecule has 0 radical (unpaired) electrons. The number of hydrogen-bond acceptors (Lipinski definition) is 3. The van der Waals surface area contributed by atoms with Crippen molar-refractivity contribution in [3.63, 3.8) is 0 Å². The molecule has 1 unspecified atom stereocenters. The van der Waals surface area contributed by atoms with Crippen LogP contribution >= 0.6 is 0 Å². The molecule has 102 valence electrons. The van der Waals surface area contributed by atoms with E-state index < -0.39 is 0 Å². The Bertz CT molecular complexity index is 190. The second kappa shape index (κ2) is 10.6. The third-order valence-corrected chi connectivity index (χ3v) is 2.80. The molecule has 0 heterocycles. The minimum Gasteiger partial charge on any atom is -0.463 e. The molecule has 0 aromatic carbocycles. The van der Waals surface area contributed by atoms with Crippen molar-refractivity contribution in [1.82, 2.24) is 0 Å². The average Bonchev–Trinajstić information content (AvgIpc) is 2.26. The molecule has 0 saturated heterocycles. The number of aliphatic hydroxyl groups is 1. The van der Waals surface area contributed by atoms with E-state index in [4.69, 9.17) is 9.84 Å². The van der Waals surface area contributed by atoms with E-state index in [1.165, 1.54) is 19.3 Å². The number of hydrogen-bond donors (Lipinski definition) is 1. The first-order valence-electron chi connectivity index (χ1n) is 6.89. The average molecular weight is 244 g/mol. The molecule has 0 aromatic heterocycles. The standard InChI is InChI=1S/C14H28O3/c1-12(2)17-14(16)13(3)10-8-6-4-5-7-9-11-15/h12-13,15H,4-11H2,1-3H3. The Morgan fingerprint density at radius 3 is 2.06 bits per heavy atom. The Morgan fingerprint density at radius 2 is 1.53 bits per heavy atom. The Labute approximate surface area is 106 Å². The maximum Gasteiger partial charge on any atom is 0.308 e. The molecule has 17 heavy (non-hydrogen) atoms. The van der Waals surface area contributed by atoms with Crippen LogP contribution in [0.2, 0.25) is 0 Å². The van der Waals surface area contributed by atoms with Crippen molar-refractivity contribution < 1.29 is 14.6 Å². The number of ether oxygens (including phenoxy) is 1. The molecule has 1 N–H and O–H groups in total. The Kier molecular flexibility index (Phi) is 10.2. The molecule has 0 rings (SSSR count). The lowest BCUT2D eigenvalue weighted by molar-refractivity contribution is -0.152. The van der Waals surface area contributed by atoms with Gasteiger partial charge in [0.2, 0.25) is 0 Å². The van der Waals surface area contributed by atoms with E-state index in [0.29, 0.717) is 6.61 Å². The van der Waals surface area contributed by atoms with Crippen molar-refractivity contribution in [3.8, 4) is 0 Å². The largest absolute Gasteiger partial charge is 0.463 e. The first-order valence-corrected chi connectivity index (χ1v) is 6.89. The normalized spacial score (nSPS) is 12.8. The van der Waals surface area contributed by atoms with Gasteiger partial charge in [-0.1, -0.05) is 39.0 Å². The molecule has 3 nitrogen and oxygen atoms in total. The SMILES string of the molecule is CC(C)OC(=O)C(C)CCCCCCCCO. The molecule has 0 saturated carbocycles. The summed E-state index contributed by atoms with van der Waals surface area (Å²) < 4.78 is 5.16. The van der Waals surface area contributed by atoms with Gasteiger partial charge in [-0.15, -0.1) is 0 Å². The predicted molar refractivity (Wildman–Crippen MR) is 69.8 cm³/mol. The lowest BCUT2D eigenvalue weighted by Gasteiger charge is -2.13. The number of carbonyl (C=O) groups excluding carboxylic acids is 1. The van der Waals surface area contributed by atoms with E-state index in [0.717, 1.165) is 25.7 Å². The van der Waals surface area contributed by atoms with Gasteiger partial charge in [0.25, 0.3) is 0 Å². The van der Waals surface area contributed by atoms with Crippen molar-refractivity contribution in [1.29, 1.82) is 0 Å². The van der Waals surface area contributed by atoms with Gasteiger partial charge in [0, 0.05) is 6.61 Å². The minimum atomic E-state index is -0.0692. The summed E-state index contributed by atoms with van der Waals surface area (Å²) in [6.07, 6.45) is 7.59. The molecule has 0 aliphatic heterocycles. The van der Waals surface area contributed by atoms with E-state index in [2.05, 4.69) is 0 Å². The third-order valence-electron chi connectivity index (χ3n) is 2.80. The first-order chi connectivity index (χ1) is 8.07. The molecule has 3 heteroatoms. The maximum absolute atomic E-state index is 11.5. The highest BCUT2D eigenvalue weighted by atomic mass is 16.5. The summed E-state index contributed by atoms with van der Waals surface area (Å²) in [6, 6.07) is 0. The van der Waals surface area contributed by atoms with Gasteiger partial charge in [-0.25, -0.2) is 0 Å². The Balaban J connectivity index is 3.38. The zero-order valence-electron chi connectivity index (χ0n) is 11.6. The van der Waals surface area contributed by atoms with Crippen LogP contribution in [0.3, 0.4) is 0 Å². The molecular formula is C14H28O3. The Morgan fingerprint density at radius 1 is 1.00 bits per heavy atom.